The molecule has 22 heavy (non-hydrogen) atoms. The fraction of sp³-hybridized carbons (Fsp3) is 1.00. The van der Waals surface area contributed by atoms with Crippen molar-refractivity contribution >= 4 is 22.5 Å². The molecule has 0 aromatic rings. The molecule has 0 radical (unpaired) electrons. The van der Waals surface area contributed by atoms with Crippen LogP contribution in [0.1, 0.15) is 40.0 Å². The van der Waals surface area contributed by atoms with E-state index in [1.54, 1.807) is 0 Å². The number of likely N-dealkylation sites (tertiary alicyclic amines) is 1. The first-order valence-corrected chi connectivity index (χ1v) is 20.0. The minimum atomic E-state index is -1.56. The highest BCUT2D eigenvalue weighted by molar-refractivity contribution is 7.68. The predicted molar refractivity (Wildman–Crippen MR) is 106 cm³/mol. The third kappa shape index (κ3) is 2.75. The summed E-state index contributed by atoms with van der Waals surface area (Å²) in [6.07, 6.45) is 4.27. The zero-order valence-electron chi connectivity index (χ0n) is 16.7. The molecule has 0 N–H and O–H groups in total. The van der Waals surface area contributed by atoms with E-state index in [-0.39, 0.29) is 5.60 Å². The lowest BCUT2D eigenvalue weighted by Crippen LogP contribution is -2.85. The normalized spacial score (nSPS) is 37.0. The first-order valence-electron chi connectivity index (χ1n) is 9.36. The van der Waals surface area contributed by atoms with Crippen molar-refractivity contribution in [3.05, 3.63) is 0 Å². The molecule has 0 amide bonds. The quantitative estimate of drug-likeness (QED) is 0.533. The van der Waals surface area contributed by atoms with Crippen LogP contribution in [0.25, 0.3) is 0 Å². The van der Waals surface area contributed by atoms with Gasteiger partial charge < -0.3 is 8.91 Å². The van der Waals surface area contributed by atoms with Crippen molar-refractivity contribution in [2.24, 2.45) is 0 Å². The van der Waals surface area contributed by atoms with Gasteiger partial charge in [0.25, 0.3) is 0 Å². The average Bonchev–Trinajstić information content (AvgIpc) is 2.73. The van der Waals surface area contributed by atoms with Crippen LogP contribution >= 0.6 is 0 Å². The highest BCUT2D eigenvalue weighted by Gasteiger charge is 2.68. The van der Waals surface area contributed by atoms with Gasteiger partial charge in [0.15, 0.2) is 7.83 Å². The maximum Gasteiger partial charge on any atom is 0.172 e. The van der Waals surface area contributed by atoms with E-state index in [4.69, 9.17) is 4.43 Å². The highest BCUT2D eigenvalue weighted by atomic mass is 29.6. The molecule has 2 saturated heterocycles. The summed E-state index contributed by atoms with van der Waals surface area (Å²) in [5, 5.41) is 0. The van der Waals surface area contributed by atoms with E-state index in [0.29, 0.717) is 0 Å². The average molecular weight is 359 g/mol. The Kier molecular flexibility index (Phi) is 4.76. The van der Waals surface area contributed by atoms with Gasteiger partial charge in [-0.15, -0.1) is 0 Å². The first-order chi connectivity index (χ1) is 9.81. The maximum absolute atomic E-state index is 6.79. The molecule has 2 atom stereocenters. The molecule has 2 nitrogen and oxygen atoms in total. The molecule has 0 aromatic heterocycles. The minimum Gasteiger partial charge on any atom is -0.416 e. The molecule has 2 unspecified atom stereocenters. The van der Waals surface area contributed by atoms with Crippen LogP contribution < -0.4 is 0 Å². The van der Waals surface area contributed by atoms with Gasteiger partial charge in [-0.25, -0.2) is 0 Å². The van der Waals surface area contributed by atoms with E-state index >= 15 is 0 Å². The molecule has 130 valence electrons. The highest BCUT2D eigenvalue weighted by Crippen LogP contribution is 2.48. The van der Waals surface area contributed by atoms with Gasteiger partial charge in [-0.2, -0.15) is 0 Å². The van der Waals surface area contributed by atoms with Crippen molar-refractivity contribution in [3.63, 3.8) is 0 Å². The second-order valence-electron chi connectivity index (χ2n) is 10.1. The zero-order valence-corrected chi connectivity index (χ0v) is 19.7. The van der Waals surface area contributed by atoms with Crippen molar-refractivity contribution in [3.8, 4) is 0 Å². The van der Waals surface area contributed by atoms with Gasteiger partial charge >= 0.3 is 0 Å². The third-order valence-electron chi connectivity index (χ3n) is 7.72. The lowest BCUT2D eigenvalue weighted by molar-refractivity contribution is -0.911. The monoisotopic (exact) mass is 358 g/mol. The van der Waals surface area contributed by atoms with E-state index in [1.165, 1.54) is 42.9 Å². The number of hydrogen-bond donors (Lipinski definition) is 0. The van der Waals surface area contributed by atoms with E-state index in [0.717, 1.165) is 5.67 Å². The van der Waals surface area contributed by atoms with Crippen molar-refractivity contribution in [1.82, 2.24) is 0 Å². The zero-order chi connectivity index (χ0) is 17.0. The summed E-state index contributed by atoms with van der Waals surface area (Å²) in [4.78, 5) is 0. The molecular weight excluding hydrogens is 318 g/mol. The maximum atomic E-state index is 6.79. The summed E-state index contributed by atoms with van der Waals surface area (Å²) in [6.45, 7) is 23.4. The molecular formula is C17H40NOSi3+. The molecule has 2 heterocycles. The number of hydrogen-bond acceptors (Lipinski definition) is 1. The largest absolute Gasteiger partial charge is 0.416 e. The van der Waals surface area contributed by atoms with Gasteiger partial charge in [-0.05, 0) is 39.4 Å². The fourth-order valence-electron chi connectivity index (χ4n) is 6.13. The van der Waals surface area contributed by atoms with Crippen molar-refractivity contribution < 1.29 is 8.91 Å². The molecule has 0 aliphatic carbocycles. The summed E-state index contributed by atoms with van der Waals surface area (Å²) in [5.74, 6) is 0. The molecule has 0 aromatic carbocycles. The molecule has 0 saturated carbocycles. The Bertz CT molecular complexity index is 430. The van der Waals surface area contributed by atoms with E-state index in [1.807, 2.05) is 0 Å². The summed E-state index contributed by atoms with van der Waals surface area (Å²) in [5.41, 5.74) is 1.07. The van der Waals surface area contributed by atoms with E-state index in [2.05, 4.69) is 60.6 Å². The minimum absolute atomic E-state index is 0.117. The van der Waals surface area contributed by atoms with E-state index in [9.17, 15) is 0 Å². The van der Waals surface area contributed by atoms with Crippen molar-refractivity contribution in [2.45, 2.75) is 90.1 Å². The molecule has 2 aliphatic heterocycles. The standard InChI is InChI=1S/C17H40NOSi3/c1-10-16(18(4)13-11-12-14-18)22(9)15-17(2,3)19-20(5,6)21(22,7)8/h16H,10-15H2,1-9H3/q+1. The Labute approximate surface area is 141 Å². The fourth-order valence-corrected chi connectivity index (χ4v) is 42.7. The molecule has 2 rings (SSSR count). The van der Waals surface area contributed by atoms with Crippen LogP contribution in [0.3, 0.4) is 0 Å². The van der Waals surface area contributed by atoms with Gasteiger partial charge in [0.05, 0.1) is 32.9 Å². The van der Waals surface area contributed by atoms with Gasteiger partial charge in [0, 0.05) is 18.4 Å². The van der Waals surface area contributed by atoms with Crippen LogP contribution in [0, 0.1) is 0 Å². The number of quaternary nitrogens is 1. The van der Waals surface area contributed by atoms with Crippen LogP contribution in [0.5, 0.6) is 0 Å². The Hall–Kier alpha value is 0.571. The second-order valence-corrected chi connectivity index (χ2v) is 36.5. The third-order valence-corrected chi connectivity index (χ3v) is 48.7. The first kappa shape index (κ1) is 18.9. The van der Waals surface area contributed by atoms with Gasteiger partial charge in [-0.1, -0.05) is 26.6 Å². The topological polar surface area (TPSA) is 9.23 Å². The SMILES string of the molecule is CCC([N+]1(C)CCCC1)[Si]1(C)CC(C)(C)O[Si](C)(C)[Si]1(C)C. The summed E-state index contributed by atoms with van der Waals surface area (Å²) < 4.78 is 8.18. The van der Waals surface area contributed by atoms with Crippen LogP contribution in [-0.2, 0) is 4.43 Å². The number of nitrogens with zero attached hydrogens (tertiary/aromatic N) is 1. The van der Waals surface area contributed by atoms with Gasteiger partial charge in [0.1, 0.15) is 7.59 Å². The van der Waals surface area contributed by atoms with Crippen LogP contribution in [-0.4, -0.2) is 58.4 Å². The molecule has 2 aliphatic rings. The Morgan fingerprint density at radius 3 is 2.00 bits per heavy atom. The lowest BCUT2D eigenvalue weighted by atomic mass is 10.2. The van der Waals surface area contributed by atoms with E-state index < -0.39 is 22.5 Å². The van der Waals surface area contributed by atoms with Crippen molar-refractivity contribution in [2.75, 3.05) is 20.1 Å². The molecule has 0 spiro atoms. The Morgan fingerprint density at radius 2 is 1.55 bits per heavy atom. The van der Waals surface area contributed by atoms with Gasteiger partial charge in [-0.3, -0.25) is 0 Å². The Balaban J connectivity index is 2.51. The molecule has 5 heteroatoms. The summed E-state index contributed by atoms with van der Waals surface area (Å²) in [6, 6.07) is 1.39. The summed E-state index contributed by atoms with van der Waals surface area (Å²) >= 11 is 0. The molecule has 2 fully saturated rings. The molecule has 0 bridgehead atoms. The van der Waals surface area contributed by atoms with Crippen LogP contribution in [0.4, 0.5) is 0 Å². The second kappa shape index (κ2) is 5.55. The Morgan fingerprint density at radius 1 is 1.05 bits per heavy atom. The predicted octanol–water partition coefficient (Wildman–Crippen LogP) is 4.50. The van der Waals surface area contributed by atoms with Crippen LogP contribution in [0.2, 0.25) is 38.8 Å². The number of rotatable bonds is 3. The van der Waals surface area contributed by atoms with Crippen LogP contribution in [0.15, 0.2) is 0 Å². The summed E-state index contributed by atoms with van der Waals surface area (Å²) in [7, 11) is -1.65. The smallest absolute Gasteiger partial charge is 0.172 e. The van der Waals surface area contributed by atoms with Gasteiger partial charge in [0.2, 0.25) is 0 Å². The lowest BCUT2D eigenvalue weighted by Gasteiger charge is -2.62. The van der Waals surface area contributed by atoms with Crippen molar-refractivity contribution in [1.29, 1.82) is 0 Å².